The molecular weight excluding hydrogens is 316 g/mol. The number of rotatable bonds is 18. The van der Waals surface area contributed by atoms with Crippen LogP contribution in [0.2, 0.25) is 0 Å². The van der Waals surface area contributed by atoms with Gasteiger partial charge in [-0.2, -0.15) is 0 Å². The van der Waals surface area contributed by atoms with Crippen molar-refractivity contribution in [1.82, 2.24) is 0 Å². The van der Waals surface area contributed by atoms with Gasteiger partial charge in [0.25, 0.3) is 0 Å². The minimum absolute atomic E-state index is 0.152. The Balaban J connectivity index is 3.58. The summed E-state index contributed by atoms with van der Waals surface area (Å²) in [6, 6.07) is 0. The second-order valence-corrected chi connectivity index (χ2v) is 8.02. The zero-order chi connectivity index (χ0) is 18.9. The molecule has 0 heterocycles. The number of hydrogen-bond donors (Lipinski definition) is 3. The summed E-state index contributed by atoms with van der Waals surface area (Å²) < 4.78 is 0. The molecule has 25 heavy (non-hydrogen) atoms. The van der Waals surface area contributed by atoms with Crippen LogP contribution in [0.3, 0.4) is 0 Å². The smallest absolute Gasteiger partial charge is 0.303 e. The molecule has 4 nitrogen and oxygen atoms in total. The van der Waals surface area contributed by atoms with E-state index in [9.17, 15) is 9.90 Å². The molecular formula is C21H42O4. The van der Waals surface area contributed by atoms with Crippen molar-refractivity contribution < 1.29 is 20.1 Å². The molecule has 0 aromatic carbocycles. The first-order valence-electron chi connectivity index (χ1n) is 10.5. The lowest BCUT2D eigenvalue weighted by Crippen LogP contribution is -2.18. The molecule has 2 unspecified atom stereocenters. The molecule has 0 aliphatic heterocycles. The van der Waals surface area contributed by atoms with Crippen LogP contribution in [0.5, 0.6) is 0 Å². The maximum Gasteiger partial charge on any atom is 0.303 e. The Morgan fingerprint density at radius 3 is 1.72 bits per heavy atom. The summed E-state index contributed by atoms with van der Waals surface area (Å²) in [5.74, 6) is 0.258. The standard InChI is InChI=1S/C21H42O4/c1-18(2)12-10-8-6-4-3-5-7-9-11-13-19(14-15-21(24)25)16-20(23)17-22/h18-20,22-23H,3-17H2,1-2H3,(H,24,25). The lowest BCUT2D eigenvalue weighted by molar-refractivity contribution is -0.137. The van der Waals surface area contributed by atoms with Crippen molar-refractivity contribution >= 4 is 5.97 Å². The number of carboxylic acid groups (broad SMARTS) is 1. The van der Waals surface area contributed by atoms with E-state index in [1.165, 1.54) is 57.8 Å². The summed E-state index contributed by atoms with van der Waals surface area (Å²) in [5, 5.41) is 27.4. The number of carbonyl (C=O) groups is 1. The van der Waals surface area contributed by atoms with E-state index in [0.717, 1.165) is 18.8 Å². The van der Waals surface area contributed by atoms with Gasteiger partial charge in [0.1, 0.15) is 0 Å². The highest BCUT2D eigenvalue weighted by atomic mass is 16.4. The van der Waals surface area contributed by atoms with Crippen LogP contribution < -0.4 is 0 Å². The van der Waals surface area contributed by atoms with Gasteiger partial charge in [-0.15, -0.1) is 0 Å². The molecule has 0 aliphatic rings. The average Bonchev–Trinajstić information content (AvgIpc) is 2.56. The van der Waals surface area contributed by atoms with Crippen LogP contribution in [0.25, 0.3) is 0 Å². The molecule has 2 atom stereocenters. The second kappa shape index (κ2) is 16.8. The summed E-state index contributed by atoms with van der Waals surface area (Å²) in [5.41, 5.74) is 0. The van der Waals surface area contributed by atoms with Gasteiger partial charge in [-0.3, -0.25) is 4.79 Å². The van der Waals surface area contributed by atoms with Crippen LogP contribution in [-0.2, 0) is 4.79 Å². The number of carboxylic acids is 1. The minimum Gasteiger partial charge on any atom is -0.481 e. The van der Waals surface area contributed by atoms with Crippen LogP contribution in [0.1, 0.15) is 104 Å². The van der Waals surface area contributed by atoms with Crippen molar-refractivity contribution in [2.75, 3.05) is 6.61 Å². The van der Waals surface area contributed by atoms with Gasteiger partial charge in [0.15, 0.2) is 0 Å². The van der Waals surface area contributed by atoms with Gasteiger partial charge < -0.3 is 15.3 Å². The summed E-state index contributed by atoms with van der Waals surface area (Å²) in [6.45, 7) is 4.34. The summed E-state index contributed by atoms with van der Waals surface area (Å²) in [7, 11) is 0. The van der Waals surface area contributed by atoms with Gasteiger partial charge in [0.05, 0.1) is 12.7 Å². The molecule has 0 bridgehead atoms. The Morgan fingerprint density at radius 1 is 0.800 bits per heavy atom. The van der Waals surface area contributed by atoms with Crippen LogP contribution in [-0.4, -0.2) is 34.0 Å². The maximum absolute atomic E-state index is 10.7. The van der Waals surface area contributed by atoms with E-state index in [0.29, 0.717) is 12.8 Å². The highest BCUT2D eigenvalue weighted by molar-refractivity contribution is 5.66. The number of aliphatic carboxylic acids is 1. The van der Waals surface area contributed by atoms with Crippen LogP contribution >= 0.6 is 0 Å². The lowest BCUT2D eigenvalue weighted by atomic mass is 9.90. The van der Waals surface area contributed by atoms with Crippen molar-refractivity contribution in [3.63, 3.8) is 0 Å². The Bertz CT molecular complexity index is 304. The highest BCUT2D eigenvalue weighted by Crippen LogP contribution is 2.22. The first kappa shape index (κ1) is 24.4. The molecule has 0 amide bonds. The lowest BCUT2D eigenvalue weighted by Gasteiger charge is -2.18. The summed E-state index contributed by atoms with van der Waals surface area (Å²) in [6.07, 6.45) is 14.5. The number of hydrogen-bond acceptors (Lipinski definition) is 3. The van der Waals surface area contributed by atoms with E-state index in [2.05, 4.69) is 13.8 Å². The number of aliphatic hydroxyl groups is 2. The summed E-state index contributed by atoms with van der Waals surface area (Å²) in [4.78, 5) is 10.7. The molecule has 0 saturated carbocycles. The molecule has 0 aliphatic carbocycles. The molecule has 0 rings (SSSR count). The van der Waals surface area contributed by atoms with Crippen LogP contribution in [0, 0.1) is 11.8 Å². The Kier molecular flexibility index (Phi) is 16.4. The van der Waals surface area contributed by atoms with Gasteiger partial charge in [0.2, 0.25) is 0 Å². The fourth-order valence-corrected chi connectivity index (χ4v) is 3.39. The van der Waals surface area contributed by atoms with E-state index < -0.39 is 12.1 Å². The first-order valence-corrected chi connectivity index (χ1v) is 10.5. The molecule has 3 N–H and O–H groups in total. The molecule has 0 radical (unpaired) electrons. The Labute approximate surface area is 155 Å². The average molecular weight is 359 g/mol. The van der Waals surface area contributed by atoms with Crippen molar-refractivity contribution in [3.05, 3.63) is 0 Å². The Hall–Kier alpha value is -0.610. The fourth-order valence-electron chi connectivity index (χ4n) is 3.39. The van der Waals surface area contributed by atoms with Crippen molar-refractivity contribution in [2.24, 2.45) is 11.8 Å². The monoisotopic (exact) mass is 358 g/mol. The first-order chi connectivity index (χ1) is 12.0. The van der Waals surface area contributed by atoms with Crippen LogP contribution in [0.4, 0.5) is 0 Å². The summed E-state index contributed by atoms with van der Waals surface area (Å²) >= 11 is 0. The van der Waals surface area contributed by atoms with Crippen LogP contribution in [0.15, 0.2) is 0 Å². The molecule has 0 saturated heterocycles. The van der Waals surface area contributed by atoms with E-state index >= 15 is 0 Å². The highest BCUT2D eigenvalue weighted by Gasteiger charge is 2.15. The third kappa shape index (κ3) is 18.0. The quantitative estimate of drug-likeness (QED) is 0.296. The fraction of sp³-hybridized carbons (Fsp3) is 0.952. The zero-order valence-electron chi connectivity index (χ0n) is 16.6. The third-order valence-electron chi connectivity index (χ3n) is 4.98. The van der Waals surface area contributed by atoms with E-state index in [1.807, 2.05) is 0 Å². The van der Waals surface area contributed by atoms with Gasteiger partial charge in [-0.25, -0.2) is 0 Å². The molecule has 4 heteroatoms. The largest absolute Gasteiger partial charge is 0.481 e. The van der Waals surface area contributed by atoms with E-state index in [4.69, 9.17) is 10.2 Å². The normalized spacial score (nSPS) is 14.0. The molecule has 0 spiro atoms. The zero-order valence-corrected chi connectivity index (χ0v) is 16.6. The maximum atomic E-state index is 10.7. The predicted molar refractivity (Wildman–Crippen MR) is 104 cm³/mol. The molecule has 0 aromatic heterocycles. The topological polar surface area (TPSA) is 77.8 Å². The van der Waals surface area contributed by atoms with E-state index in [1.54, 1.807) is 0 Å². The SMILES string of the molecule is CC(C)CCCCCCCCCCCC(CCC(=O)O)CC(O)CO. The van der Waals surface area contributed by atoms with Gasteiger partial charge >= 0.3 is 5.97 Å². The molecule has 0 aromatic rings. The predicted octanol–water partition coefficient (Wildman–Crippen LogP) is 5.16. The second-order valence-electron chi connectivity index (χ2n) is 8.02. The van der Waals surface area contributed by atoms with E-state index in [-0.39, 0.29) is 18.9 Å². The van der Waals surface area contributed by atoms with Gasteiger partial charge in [-0.05, 0) is 24.7 Å². The van der Waals surface area contributed by atoms with Crippen molar-refractivity contribution in [2.45, 2.75) is 110 Å². The number of aliphatic hydroxyl groups excluding tert-OH is 2. The third-order valence-corrected chi connectivity index (χ3v) is 4.98. The van der Waals surface area contributed by atoms with Gasteiger partial charge in [0, 0.05) is 6.42 Å². The molecule has 150 valence electrons. The number of unbranched alkanes of at least 4 members (excludes halogenated alkanes) is 8. The van der Waals surface area contributed by atoms with Crippen molar-refractivity contribution in [3.8, 4) is 0 Å². The van der Waals surface area contributed by atoms with Crippen molar-refractivity contribution in [1.29, 1.82) is 0 Å². The minimum atomic E-state index is -0.781. The molecule has 0 fully saturated rings. The van der Waals surface area contributed by atoms with Gasteiger partial charge in [-0.1, -0.05) is 84.5 Å². The Morgan fingerprint density at radius 2 is 1.28 bits per heavy atom.